The molecule has 0 radical (unpaired) electrons. The van der Waals surface area contributed by atoms with E-state index >= 15 is 0 Å². The molecule has 1 N–H and O–H groups in total. The number of nitrogens with zero attached hydrogens (tertiary/aromatic N) is 7. The van der Waals surface area contributed by atoms with Gasteiger partial charge in [0.1, 0.15) is 17.0 Å². The molecule has 1 aromatic carbocycles. The lowest BCUT2D eigenvalue weighted by Crippen LogP contribution is -2.29. The molecule has 4 aromatic heterocycles. The Hall–Kier alpha value is -3.65. The van der Waals surface area contributed by atoms with Crippen molar-refractivity contribution < 1.29 is 17.9 Å². The van der Waals surface area contributed by atoms with Crippen LogP contribution in [0.3, 0.4) is 0 Å². The fraction of sp³-hybridized carbons (Fsp3) is 0.357. The molecule has 0 bridgehead atoms. The average Bonchev–Trinajstić information content (AvgIpc) is 3.76. The molecule has 0 amide bonds. The number of aryl methyl sites for hydroxylation is 2. The predicted octanol–water partition coefficient (Wildman–Crippen LogP) is 4.30. The van der Waals surface area contributed by atoms with E-state index in [4.69, 9.17) is 37.7 Å². The standard InChI is InChI=1S/C28H30Cl2N8O4S/c1-36-15-25(33-16-36)43(39,40)38-22(17-12-34-37(14-17)19-6-8-31-9-7-19)10-21-28(38)35-18(13-32-21)4-5-20-26(29)23(41-2)11-24(42-3)27(20)30/h10-16,19,31H,4-9H2,1-3H3. The number of imidazole rings is 1. The van der Waals surface area contributed by atoms with Crippen LogP contribution in [0.25, 0.3) is 22.4 Å². The van der Waals surface area contributed by atoms with Crippen LogP contribution >= 0.6 is 23.2 Å². The summed E-state index contributed by atoms with van der Waals surface area (Å²) in [4.78, 5) is 13.5. The Morgan fingerprint density at radius 2 is 1.72 bits per heavy atom. The Bertz CT molecular complexity index is 1880. The number of nitrogens with one attached hydrogen (secondary N) is 1. The van der Waals surface area contributed by atoms with Gasteiger partial charge in [-0.05, 0) is 50.4 Å². The monoisotopic (exact) mass is 644 g/mol. The minimum atomic E-state index is -4.15. The first-order chi connectivity index (χ1) is 20.7. The topological polar surface area (TPSA) is 131 Å². The van der Waals surface area contributed by atoms with Crippen LogP contribution in [0.1, 0.15) is 30.1 Å². The van der Waals surface area contributed by atoms with Crippen LogP contribution in [0.2, 0.25) is 10.0 Å². The van der Waals surface area contributed by atoms with Gasteiger partial charge in [-0.15, -0.1) is 0 Å². The van der Waals surface area contributed by atoms with Gasteiger partial charge in [0.15, 0.2) is 10.7 Å². The molecule has 1 fully saturated rings. The molecule has 1 saturated heterocycles. The van der Waals surface area contributed by atoms with Gasteiger partial charge in [-0.2, -0.15) is 13.5 Å². The minimum Gasteiger partial charge on any atom is -0.495 e. The van der Waals surface area contributed by atoms with Crippen LogP contribution < -0.4 is 14.8 Å². The van der Waals surface area contributed by atoms with Crippen molar-refractivity contribution in [1.29, 1.82) is 0 Å². The largest absolute Gasteiger partial charge is 0.495 e. The summed E-state index contributed by atoms with van der Waals surface area (Å²) in [5, 5.41) is 8.58. The molecule has 0 aliphatic carbocycles. The second kappa shape index (κ2) is 11.8. The van der Waals surface area contributed by atoms with E-state index in [0.717, 1.165) is 25.9 Å². The van der Waals surface area contributed by atoms with Crippen molar-refractivity contribution in [3.63, 3.8) is 0 Å². The summed E-state index contributed by atoms with van der Waals surface area (Å²) in [6.07, 6.45) is 10.7. The Morgan fingerprint density at radius 3 is 2.37 bits per heavy atom. The van der Waals surface area contributed by atoms with E-state index in [1.54, 1.807) is 36.1 Å². The lowest BCUT2D eigenvalue weighted by atomic mass is 10.1. The maximum Gasteiger partial charge on any atom is 0.289 e. The molecular formula is C28H30Cl2N8O4S. The van der Waals surface area contributed by atoms with Crippen LogP contribution in [-0.4, -0.2) is 69.0 Å². The minimum absolute atomic E-state index is 0.103. The summed E-state index contributed by atoms with van der Waals surface area (Å²) in [5.41, 5.74) is 2.83. The van der Waals surface area contributed by atoms with E-state index in [-0.39, 0.29) is 16.7 Å². The molecule has 12 nitrogen and oxygen atoms in total. The molecule has 226 valence electrons. The summed E-state index contributed by atoms with van der Waals surface area (Å²) < 4.78 is 43.6. The highest BCUT2D eigenvalue weighted by Crippen LogP contribution is 2.41. The molecular weight excluding hydrogens is 615 g/mol. The third-order valence-electron chi connectivity index (χ3n) is 7.58. The average molecular weight is 646 g/mol. The molecule has 0 saturated carbocycles. The molecule has 15 heteroatoms. The summed E-state index contributed by atoms with van der Waals surface area (Å²) >= 11 is 13.2. The number of benzene rings is 1. The number of aromatic nitrogens is 7. The number of hydrogen-bond donors (Lipinski definition) is 1. The van der Waals surface area contributed by atoms with Gasteiger partial charge in [0, 0.05) is 37.3 Å². The molecule has 6 rings (SSSR count). The summed E-state index contributed by atoms with van der Waals surface area (Å²) in [6, 6.07) is 3.58. The Kier molecular flexibility index (Phi) is 8.07. The van der Waals surface area contributed by atoms with Crippen molar-refractivity contribution >= 4 is 44.4 Å². The SMILES string of the molecule is COc1cc(OC)c(Cl)c(CCc2cnc3cc(-c4cnn(C5CCNCC5)c4)n(S(=O)(=O)c4cn(C)cn4)c3n2)c1Cl. The number of halogens is 2. The Balaban J connectivity index is 1.43. The lowest BCUT2D eigenvalue weighted by molar-refractivity contribution is 0.343. The van der Waals surface area contributed by atoms with Gasteiger partial charge in [-0.25, -0.2) is 13.9 Å². The van der Waals surface area contributed by atoms with Crippen LogP contribution in [0.5, 0.6) is 11.5 Å². The van der Waals surface area contributed by atoms with E-state index in [1.165, 1.54) is 30.7 Å². The van der Waals surface area contributed by atoms with Crippen LogP contribution in [-0.2, 0) is 29.9 Å². The molecule has 5 heterocycles. The van der Waals surface area contributed by atoms with Gasteiger partial charge in [0.2, 0.25) is 0 Å². The van der Waals surface area contributed by atoms with Crippen molar-refractivity contribution in [2.24, 2.45) is 7.05 Å². The fourth-order valence-corrected chi connectivity index (χ4v) is 7.44. The first kappa shape index (κ1) is 29.4. The van der Waals surface area contributed by atoms with Gasteiger partial charge in [0.05, 0.1) is 54.2 Å². The molecule has 1 aliphatic heterocycles. The highest BCUT2D eigenvalue weighted by molar-refractivity contribution is 7.90. The van der Waals surface area contributed by atoms with Crippen molar-refractivity contribution in [1.82, 2.24) is 38.6 Å². The molecule has 0 unspecified atom stereocenters. The summed E-state index contributed by atoms with van der Waals surface area (Å²) in [7, 11) is 0.594. The normalized spacial score (nSPS) is 14.4. The number of rotatable bonds is 9. The number of fused-ring (bicyclic) bond motifs is 1. The first-order valence-electron chi connectivity index (χ1n) is 13.7. The predicted molar refractivity (Wildman–Crippen MR) is 163 cm³/mol. The van der Waals surface area contributed by atoms with Gasteiger partial charge in [0.25, 0.3) is 10.0 Å². The maximum absolute atomic E-state index is 14.1. The molecule has 1 aliphatic rings. The Labute approximate surface area is 258 Å². The first-order valence-corrected chi connectivity index (χ1v) is 15.9. The van der Waals surface area contributed by atoms with E-state index in [9.17, 15) is 8.42 Å². The van der Waals surface area contributed by atoms with Gasteiger partial charge >= 0.3 is 0 Å². The second-order valence-corrected chi connectivity index (χ2v) is 12.8. The number of methoxy groups -OCH3 is 2. The maximum atomic E-state index is 14.1. The second-order valence-electron chi connectivity index (χ2n) is 10.3. The van der Waals surface area contributed by atoms with Gasteiger partial charge in [-0.1, -0.05) is 23.2 Å². The zero-order valence-electron chi connectivity index (χ0n) is 23.8. The highest BCUT2D eigenvalue weighted by Gasteiger charge is 2.29. The van der Waals surface area contributed by atoms with Gasteiger partial charge < -0.3 is 19.4 Å². The van der Waals surface area contributed by atoms with Crippen molar-refractivity contribution in [3.05, 3.63) is 64.6 Å². The fourth-order valence-electron chi connectivity index (χ4n) is 5.31. The highest BCUT2D eigenvalue weighted by atomic mass is 35.5. The third-order valence-corrected chi connectivity index (χ3v) is 10.00. The van der Waals surface area contributed by atoms with Crippen molar-refractivity contribution in [2.75, 3.05) is 27.3 Å². The van der Waals surface area contributed by atoms with Crippen LogP contribution in [0.15, 0.2) is 48.3 Å². The molecule has 43 heavy (non-hydrogen) atoms. The summed E-state index contributed by atoms with van der Waals surface area (Å²) in [6.45, 7) is 1.81. The van der Waals surface area contributed by atoms with E-state index in [0.29, 0.717) is 62.4 Å². The third kappa shape index (κ3) is 5.46. The molecule has 0 atom stereocenters. The zero-order chi connectivity index (χ0) is 30.3. The number of ether oxygens (including phenoxy) is 2. The number of hydrogen-bond acceptors (Lipinski definition) is 9. The Morgan fingerprint density at radius 1 is 1.00 bits per heavy atom. The van der Waals surface area contributed by atoms with Gasteiger partial charge in [-0.3, -0.25) is 9.67 Å². The van der Waals surface area contributed by atoms with Crippen LogP contribution in [0, 0.1) is 0 Å². The van der Waals surface area contributed by atoms with Crippen molar-refractivity contribution in [3.8, 4) is 22.8 Å². The zero-order valence-corrected chi connectivity index (χ0v) is 26.1. The van der Waals surface area contributed by atoms with Crippen LogP contribution in [0.4, 0.5) is 0 Å². The smallest absolute Gasteiger partial charge is 0.289 e. The molecule has 0 spiro atoms. The van der Waals surface area contributed by atoms with Crippen molar-refractivity contribution in [2.45, 2.75) is 36.8 Å². The quantitative estimate of drug-likeness (QED) is 0.249. The summed E-state index contributed by atoms with van der Waals surface area (Å²) in [5.74, 6) is 0.869. The molecule has 5 aromatic rings. The van der Waals surface area contributed by atoms with E-state index in [1.807, 2.05) is 10.9 Å². The van der Waals surface area contributed by atoms with E-state index in [2.05, 4.69) is 20.4 Å². The lowest BCUT2D eigenvalue weighted by Gasteiger charge is -2.22. The number of piperidine rings is 1. The van der Waals surface area contributed by atoms with E-state index < -0.39 is 10.0 Å².